The molecular formula is C17H21FN2. The number of hydrogen-bond acceptors (Lipinski definition) is 2. The van der Waals surface area contributed by atoms with E-state index in [9.17, 15) is 4.39 Å². The van der Waals surface area contributed by atoms with Crippen LogP contribution in [0.1, 0.15) is 49.4 Å². The molecule has 0 amide bonds. The van der Waals surface area contributed by atoms with Crippen molar-refractivity contribution >= 4 is 0 Å². The van der Waals surface area contributed by atoms with E-state index in [2.05, 4.69) is 48.4 Å². The van der Waals surface area contributed by atoms with Crippen molar-refractivity contribution < 1.29 is 4.39 Å². The predicted octanol–water partition coefficient (Wildman–Crippen LogP) is 4.19. The Labute approximate surface area is 120 Å². The molecule has 106 valence electrons. The number of aromatic nitrogens is 1. The maximum Gasteiger partial charge on any atom is 0.141 e. The van der Waals surface area contributed by atoms with Crippen LogP contribution in [0, 0.1) is 5.82 Å². The second kappa shape index (κ2) is 6.62. The monoisotopic (exact) mass is 272 g/mol. The maximum atomic E-state index is 13.1. The highest BCUT2D eigenvalue weighted by molar-refractivity contribution is 5.25. The molecule has 0 bridgehead atoms. The van der Waals surface area contributed by atoms with Crippen molar-refractivity contribution in [1.82, 2.24) is 10.3 Å². The van der Waals surface area contributed by atoms with Crippen molar-refractivity contribution in [2.75, 3.05) is 0 Å². The lowest BCUT2D eigenvalue weighted by Gasteiger charge is -2.14. The molecule has 1 aromatic heterocycles. The smallest absolute Gasteiger partial charge is 0.141 e. The lowest BCUT2D eigenvalue weighted by molar-refractivity contribution is 0.561. The van der Waals surface area contributed by atoms with Gasteiger partial charge in [-0.2, -0.15) is 0 Å². The lowest BCUT2D eigenvalue weighted by Crippen LogP contribution is -2.18. The molecule has 1 aromatic carbocycles. The highest BCUT2D eigenvalue weighted by Gasteiger charge is 2.06. The van der Waals surface area contributed by atoms with Crippen molar-refractivity contribution in [1.29, 1.82) is 0 Å². The highest BCUT2D eigenvalue weighted by Crippen LogP contribution is 2.16. The van der Waals surface area contributed by atoms with Gasteiger partial charge in [-0.3, -0.25) is 4.98 Å². The van der Waals surface area contributed by atoms with E-state index in [0.717, 1.165) is 12.1 Å². The van der Waals surface area contributed by atoms with Gasteiger partial charge in [0.05, 0.1) is 6.20 Å². The molecular weight excluding hydrogens is 251 g/mol. The van der Waals surface area contributed by atoms with Crippen LogP contribution in [0.25, 0.3) is 0 Å². The molecule has 0 saturated carbocycles. The Bertz CT molecular complexity index is 549. The minimum absolute atomic E-state index is 0.0722. The van der Waals surface area contributed by atoms with Crippen molar-refractivity contribution in [3.63, 3.8) is 0 Å². The zero-order chi connectivity index (χ0) is 14.5. The topological polar surface area (TPSA) is 24.9 Å². The second-order valence-corrected chi connectivity index (χ2v) is 5.44. The Balaban J connectivity index is 1.94. The van der Waals surface area contributed by atoms with E-state index >= 15 is 0 Å². The fourth-order valence-electron chi connectivity index (χ4n) is 2.07. The first-order valence-corrected chi connectivity index (χ1v) is 6.99. The predicted molar refractivity (Wildman–Crippen MR) is 80.0 cm³/mol. The number of nitrogens with zero attached hydrogens (tertiary/aromatic N) is 1. The summed E-state index contributed by atoms with van der Waals surface area (Å²) in [7, 11) is 0. The number of rotatable bonds is 5. The third-order valence-corrected chi connectivity index (χ3v) is 3.48. The molecule has 0 radical (unpaired) electrons. The summed E-state index contributed by atoms with van der Waals surface area (Å²) in [4.78, 5) is 3.88. The standard InChI is InChI=1S/C17H21FN2/c1-12(2)15-6-4-14(5-7-15)9-20-13(3)16-8-17(18)11-19-10-16/h4-8,10-13,20H,9H2,1-3H3. The summed E-state index contributed by atoms with van der Waals surface area (Å²) in [5.41, 5.74) is 3.44. The van der Waals surface area contributed by atoms with Gasteiger partial charge in [0.15, 0.2) is 0 Å². The van der Waals surface area contributed by atoms with Gasteiger partial charge in [0.25, 0.3) is 0 Å². The lowest BCUT2D eigenvalue weighted by atomic mass is 10.0. The summed E-state index contributed by atoms with van der Waals surface area (Å²) in [5.74, 6) is 0.256. The summed E-state index contributed by atoms with van der Waals surface area (Å²) in [6.07, 6.45) is 2.92. The van der Waals surface area contributed by atoms with Crippen LogP contribution < -0.4 is 5.32 Å². The van der Waals surface area contributed by atoms with Gasteiger partial charge in [-0.25, -0.2) is 4.39 Å². The Kier molecular flexibility index (Phi) is 4.85. The molecule has 0 aliphatic heterocycles. The van der Waals surface area contributed by atoms with Gasteiger partial charge in [-0.15, -0.1) is 0 Å². The Hall–Kier alpha value is -1.74. The third kappa shape index (κ3) is 3.87. The molecule has 1 atom stereocenters. The van der Waals surface area contributed by atoms with E-state index < -0.39 is 0 Å². The SMILES string of the molecule is CC(C)c1ccc(CNC(C)c2cncc(F)c2)cc1. The molecule has 0 aliphatic carbocycles. The first-order valence-electron chi connectivity index (χ1n) is 6.99. The molecule has 3 heteroatoms. The average Bonchev–Trinajstić information content (AvgIpc) is 2.45. The molecule has 0 fully saturated rings. The number of hydrogen-bond donors (Lipinski definition) is 1. The summed E-state index contributed by atoms with van der Waals surface area (Å²) in [6, 6.07) is 10.2. The van der Waals surface area contributed by atoms with E-state index in [0.29, 0.717) is 5.92 Å². The second-order valence-electron chi connectivity index (χ2n) is 5.44. The van der Waals surface area contributed by atoms with E-state index in [1.807, 2.05) is 6.92 Å². The highest BCUT2D eigenvalue weighted by atomic mass is 19.1. The van der Waals surface area contributed by atoms with Crippen LogP contribution in [0.3, 0.4) is 0 Å². The van der Waals surface area contributed by atoms with Crippen LogP contribution in [0.4, 0.5) is 4.39 Å². The van der Waals surface area contributed by atoms with Gasteiger partial charge in [-0.1, -0.05) is 38.1 Å². The van der Waals surface area contributed by atoms with Crippen LogP contribution in [0.2, 0.25) is 0 Å². The summed E-state index contributed by atoms with van der Waals surface area (Å²) >= 11 is 0. The van der Waals surface area contributed by atoms with Gasteiger partial charge in [0.2, 0.25) is 0 Å². The van der Waals surface area contributed by atoms with E-state index in [4.69, 9.17) is 0 Å². The zero-order valence-corrected chi connectivity index (χ0v) is 12.2. The largest absolute Gasteiger partial charge is 0.306 e. The molecule has 0 spiro atoms. The van der Waals surface area contributed by atoms with Gasteiger partial charge >= 0.3 is 0 Å². The molecule has 0 aliphatic rings. The normalized spacial score (nSPS) is 12.7. The first kappa shape index (κ1) is 14.7. The van der Waals surface area contributed by atoms with Gasteiger partial charge < -0.3 is 5.32 Å². The van der Waals surface area contributed by atoms with Crippen molar-refractivity contribution in [3.8, 4) is 0 Å². The van der Waals surface area contributed by atoms with Gasteiger partial charge in [-0.05, 0) is 35.6 Å². The average molecular weight is 272 g/mol. The molecule has 0 saturated heterocycles. The van der Waals surface area contributed by atoms with E-state index in [-0.39, 0.29) is 11.9 Å². The van der Waals surface area contributed by atoms with Crippen molar-refractivity contribution in [2.24, 2.45) is 0 Å². The Morgan fingerprint density at radius 2 is 1.75 bits per heavy atom. The number of halogens is 1. The molecule has 2 aromatic rings. The van der Waals surface area contributed by atoms with Crippen LogP contribution >= 0.6 is 0 Å². The fourth-order valence-corrected chi connectivity index (χ4v) is 2.07. The van der Waals surface area contributed by atoms with Crippen LogP contribution in [-0.2, 0) is 6.54 Å². The number of benzene rings is 1. The van der Waals surface area contributed by atoms with Crippen molar-refractivity contribution in [3.05, 3.63) is 65.2 Å². The quantitative estimate of drug-likeness (QED) is 0.882. The molecule has 2 nitrogen and oxygen atoms in total. The Morgan fingerprint density at radius 1 is 1.05 bits per heavy atom. The van der Waals surface area contributed by atoms with Crippen LogP contribution in [0.15, 0.2) is 42.7 Å². The number of pyridine rings is 1. The maximum absolute atomic E-state index is 13.1. The first-order chi connectivity index (χ1) is 9.56. The fraction of sp³-hybridized carbons (Fsp3) is 0.353. The summed E-state index contributed by atoms with van der Waals surface area (Å²) in [5, 5.41) is 3.38. The van der Waals surface area contributed by atoms with Gasteiger partial charge in [0, 0.05) is 18.8 Å². The van der Waals surface area contributed by atoms with Gasteiger partial charge in [0.1, 0.15) is 5.82 Å². The summed E-state index contributed by atoms with van der Waals surface area (Å²) < 4.78 is 13.1. The minimum atomic E-state index is -0.294. The van der Waals surface area contributed by atoms with E-state index in [1.165, 1.54) is 23.4 Å². The molecule has 20 heavy (non-hydrogen) atoms. The minimum Gasteiger partial charge on any atom is -0.306 e. The van der Waals surface area contributed by atoms with Crippen molar-refractivity contribution in [2.45, 2.75) is 39.3 Å². The van der Waals surface area contributed by atoms with E-state index in [1.54, 1.807) is 6.20 Å². The van der Waals surface area contributed by atoms with Crippen LogP contribution in [0.5, 0.6) is 0 Å². The molecule has 1 heterocycles. The zero-order valence-electron chi connectivity index (χ0n) is 12.2. The molecule has 1 unspecified atom stereocenters. The molecule has 1 N–H and O–H groups in total. The van der Waals surface area contributed by atoms with Crippen LogP contribution in [-0.4, -0.2) is 4.98 Å². The number of nitrogens with one attached hydrogen (secondary N) is 1. The summed E-state index contributed by atoms with van der Waals surface area (Å²) in [6.45, 7) is 7.15. The molecule has 2 rings (SSSR count). The Morgan fingerprint density at radius 3 is 2.35 bits per heavy atom. The third-order valence-electron chi connectivity index (χ3n) is 3.48.